The van der Waals surface area contributed by atoms with E-state index in [0.29, 0.717) is 53.8 Å². The zero-order valence-electron chi connectivity index (χ0n) is 17.9. The highest BCUT2D eigenvalue weighted by molar-refractivity contribution is 6.30. The van der Waals surface area contributed by atoms with Crippen LogP contribution >= 0.6 is 11.6 Å². The second-order valence-corrected chi connectivity index (χ2v) is 7.76. The molecule has 0 aromatic heterocycles. The molecule has 2 aromatic rings. The lowest BCUT2D eigenvalue weighted by molar-refractivity contribution is -0.139. The van der Waals surface area contributed by atoms with Crippen LogP contribution in [-0.2, 0) is 4.79 Å². The van der Waals surface area contributed by atoms with Crippen LogP contribution in [0.3, 0.4) is 0 Å². The Labute approximate surface area is 187 Å². The molecule has 1 N–H and O–H groups in total. The van der Waals surface area contributed by atoms with E-state index in [4.69, 9.17) is 25.8 Å². The van der Waals surface area contributed by atoms with Crippen LogP contribution < -0.4 is 19.5 Å². The van der Waals surface area contributed by atoms with Gasteiger partial charge in [0, 0.05) is 24.2 Å². The average molecular weight is 447 g/mol. The number of piperidine rings is 1. The molecule has 7 nitrogen and oxygen atoms in total. The minimum atomic E-state index is -0.606. The number of methoxy groups -OCH3 is 2. The normalized spacial score (nSPS) is 15.2. The van der Waals surface area contributed by atoms with Crippen LogP contribution in [0.25, 0.3) is 0 Å². The van der Waals surface area contributed by atoms with Gasteiger partial charge in [-0.1, -0.05) is 17.7 Å². The van der Waals surface area contributed by atoms with Crippen molar-refractivity contribution in [1.29, 1.82) is 0 Å². The summed E-state index contributed by atoms with van der Waals surface area (Å²) in [6.45, 7) is 2.82. The average Bonchev–Trinajstić information content (AvgIpc) is 2.79. The van der Waals surface area contributed by atoms with Gasteiger partial charge in [0.25, 0.3) is 11.8 Å². The molecule has 0 spiro atoms. The molecule has 3 rings (SSSR count). The molecule has 0 aliphatic carbocycles. The number of carbonyl (C=O) groups is 2. The van der Waals surface area contributed by atoms with Crippen molar-refractivity contribution in [2.45, 2.75) is 31.9 Å². The third kappa shape index (κ3) is 5.61. The lowest BCUT2D eigenvalue weighted by atomic mass is 10.0. The number of rotatable bonds is 7. The third-order valence-electron chi connectivity index (χ3n) is 5.27. The highest BCUT2D eigenvalue weighted by atomic mass is 35.5. The maximum Gasteiger partial charge on any atom is 0.263 e. The van der Waals surface area contributed by atoms with Gasteiger partial charge in [0.1, 0.15) is 22.8 Å². The number of likely N-dealkylation sites (tertiary alicyclic amines) is 1. The molecular weight excluding hydrogens is 420 g/mol. The molecule has 2 amide bonds. The number of benzene rings is 2. The van der Waals surface area contributed by atoms with Gasteiger partial charge in [0.15, 0.2) is 6.10 Å². The van der Waals surface area contributed by atoms with E-state index in [1.807, 2.05) is 0 Å². The van der Waals surface area contributed by atoms with Crippen molar-refractivity contribution >= 4 is 23.4 Å². The van der Waals surface area contributed by atoms with Crippen LogP contribution in [0.1, 0.15) is 30.1 Å². The summed E-state index contributed by atoms with van der Waals surface area (Å²) in [4.78, 5) is 27.4. The number of hydrogen-bond acceptors (Lipinski definition) is 5. The van der Waals surface area contributed by atoms with Gasteiger partial charge in [-0.05, 0) is 56.2 Å². The summed E-state index contributed by atoms with van der Waals surface area (Å²) in [6, 6.07) is 12.1. The molecule has 1 aliphatic rings. The van der Waals surface area contributed by atoms with Gasteiger partial charge in [-0.15, -0.1) is 0 Å². The fourth-order valence-electron chi connectivity index (χ4n) is 3.60. The first kappa shape index (κ1) is 22.7. The fraction of sp³-hybridized carbons (Fsp3) is 0.391. The topological polar surface area (TPSA) is 77.1 Å². The smallest absolute Gasteiger partial charge is 0.263 e. The maximum absolute atomic E-state index is 12.8. The molecule has 31 heavy (non-hydrogen) atoms. The van der Waals surface area contributed by atoms with E-state index in [2.05, 4.69) is 5.32 Å². The number of hydrogen-bond donors (Lipinski definition) is 1. The predicted molar refractivity (Wildman–Crippen MR) is 118 cm³/mol. The summed E-state index contributed by atoms with van der Waals surface area (Å²) in [6.07, 6.45) is 0.704. The van der Waals surface area contributed by atoms with E-state index >= 15 is 0 Å². The molecule has 0 bridgehead atoms. The van der Waals surface area contributed by atoms with Crippen LogP contribution in [0, 0.1) is 0 Å². The number of amides is 2. The van der Waals surface area contributed by atoms with Crippen molar-refractivity contribution in [3.63, 3.8) is 0 Å². The van der Waals surface area contributed by atoms with Gasteiger partial charge < -0.3 is 24.4 Å². The minimum Gasteiger partial charge on any atom is -0.496 e. The van der Waals surface area contributed by atoms with Crippen molar-refractivity contribution in [3.8, 4) is 17.2 Å². The lowest BCUT2D eigenvalue weighted by Crippen LogP contribution is -2.49. The van der Waals surface area contributed by atoms with E-state index in [1.165, 1.54) is 14.2 Å². The van der Waals surface area contributed by atoms with Gasteiger partial charge in [-0.3, -0.25) is 9.59 Å². The van der Waals surface area contributed by atoms with Crippen molar-refractivity contribution < 1.29 is 23.8 Å². The number of nitrogens with zero attached hydrogens (tertiary/aromatic N) is 1. The Morgan fingerprint density at radius 3 is 2.16 bits per heavy atom. The number of carbonyl (C=O) groups excluding carboxylic acids is 2. The zero-order valence-corrected chi connectivity index (χ0v) is 18.6. The molecule has 1 aliphatic heterocycles. The number of nitrogens with one attached hydrogen (secondary N) is 1. The first-order valence-corrected chi connectivity index (χ1v) is 10.5. The van der Waals surface area contributed by atoms with Gasteiger partial charge in [-0.2, -0.15) is 0 Å². The standard InChI is InChI=1S/C23H27ClN2O5/c1-15(31-18-9-7-16(24)8-10-18)23(28)26-13-11-17(12-14-26)25-22(27)21-19(29-2)5-4-6-20(21)30-3/h4-10,15,17H,11-14H2,1-3H3,(H,25,27). The predicted octanol–water partition coefficient (Wildman–Crippen LogP) is 3.55. The summed E-state index contributed by atoms with van der Waals surface area (Å²) >= 11 is 5.88. The minimum absolute atomic E-state index is 0.0429. The fourth-order valence-corrected chi connectivity index (χ4v) is 3.73. The summed E-state index contributed by atoms with van der Waals surface area (Å²) in [5.74, 6) is 1.18. The van der Waals surface area contributed by atoms with Crippen LogP contribution in [-0.4, -0.2) is 56.2 Å². The number of halogens is 1. The van der Waals surface area contributed by atoms with E-state index in [1.54, 1.807) is 54.3 Å². The van der Waals surface area contributed by atoms with Crippen molar-refractivity contribution in [3.05, 3.63) is 53.1 Å². The van der Waals surface area contributed by atoms with Crippen molar-refractivity contribution in [2.75, 3.05) is 27.3 Å². The molecule has 2 aromatic carbocycles. The highest BCUT2D eigenvalue weighted by Crippen LogP contribution is 2.28. The Kier molecular flexibility index (Phi) is 7.63. The molecule has 0 saturated carbocycles. The Morgan fingerprint density at radius 1 is 1.03 bits per heavy atom. The van der Waals surface area contributed by atoms with Gasteiger partial charge >= 0.3 is 0 Å². The summed E-state index contributed by atoms with van der Waals surface area (Å²) < 4.78 is 16.4. The van der Waals surface area contributed by atoms with Crippen LogP contribution in [0.2, 0.25) is 5.02 Å². The molecule has 8 heteroatoms. The highest BCUT2D eigenvalue weighted by Gasteiger charge is 2.29. The monoisotopic (exact) mass is 446 g/mol. The Balaban J connectivity index is 1.54. The second kappa shape index (κ2) is 10.4. The second-order valence-electron chi connectivity index (χ2n) is 7.32. The first-order chi connectivity index (χ1) is 14.9. The van der Waals surface area contributed by atoms with E-state index in [0.717, 1.165) is 0 Å². The van der Waals surface area contributed by atoms with E-state index < -0.39 is 6.10 Å². The quantitative estimate of drug-likeness (QED) is 0.703. The van der Waals surface area contributed by atoms with Crippen LogP contribution in [0.4, 0.5) is 0 Å². The largest absolute Gasteiger partial charge is 0.496 e. The molecular formula is C23H27ClN2O5. The Morgan fingerprint density at radius 2 is 1.61 bits per heavy atom. The molecule has 1 unspecified atom stereocenters. The Hall–Kier alpha value is -2.93. The molecule has 1 fully saturated rings. The van der Waals surface area contributed by atoms with Crippen molar-refractivity contribution in [2.24, 2.45) is 0 Å². The first-order valence-electron chi connectivity index (χ1n) is 10.2. The molecule has 1 atom stereocenters. The van der Waals surface area contributed by atoms with E-state index in [-0.39, 0.29) is 17.9 Å². The zero-order chi connectivity index (χ0) is 22.4. The molecule has 166 valence electrons. The van der Waals surface area contributed by atoms with Gasteiger partial charge in [0.05, 0.1) is 14.2 Å². The molecule has 1 heterocycles. The Bertz CT molecular complexity index is 888. The van der Waals surface area contributed by atoms with Crippen molar-refractivity contribution in [1.82, 2.24) is 10.2 Å². The molecule has 0 radical (unpaired) electrons. The van der Waals surface area contributed by atoms with Crippen LogP contribution in [0.15, 0.2) is 42.5 Å². The number of ether oxygens (including phenoxy) is 3. The summed E-state index contributed by atoms with van der Waals surface area (Å²) in [5.41, 5.74) is 0.371. The maximum atomic E-state index is 12.8. The van der Waals surface area contributed by atoms with E-state index in [9.17, 15) is 9.59 Å². The third-order valence-corrected chi connectivity index (χ3v) is 5.52. The summed E-state index contributed by atoms with van der Waals surface area (Å²) in [5, 5.41) is 3.65. The van der Waals surface area contributed by atoms with Gasteiger partial charge in [-0.25, -0.2) is 0 Å². The van der Waals surface area contributed by atoms with Crippen LogP contribution in [0.5, 0.6) is 17.2 Å². The SMILES string of the molecule is COc1cccc(OC)c1C(=O)NC1CCN(C(=O)C(C)Oc2ccc(Cl)cc2)CC1. The lowest BCUT2D eigenvalue weighted by Gasteiger charge is -2.34. The van der Waals surface area contributed by atoms with Gasteiger partial charge in [0.2, 0.25) is 0 Å². The molecule has 1 saturated heterocycles. The summed E-state index contributed by atoms with van der Waals surface area (Å²) in [7, 11) is 3.03.